The molecule has 13 heteroatoms. The second-order valence-electron chi connectivity index (χ2n) is 9.60. The summed E-state index contributed by atoms with van der Waals surface area (Å²) in [4.78, 5) is 21.3. The van der Waals surface area contributed by atoms with Gasteiger partial charge in [-0.15, -0.1) is 0 Å². The zero-order valence-electron chi connectivity index (χ0n) is 21.0. The Balaban J connectivity index is 1.90. The third-order valence-corrected chi connectivity index (χ3v) is 7.17. The van der Waals surface area contributed by atoms with Crippen molar-refractivity contribution >= 4 is 60.9 Å². The van der Waals surface area contributed by atoms with Crippen LogP contribution >= 0.6 is 11.6 Å². The molecule has 6 rings (SSSR count). The van der Waals surface area contributed by atoms with Crippen molar-refractivity contribution in [2.45, 2.75) is 18.5 Å². The number of alkyl halides is 9. The van der Waals surface area contributed by atoms with Gasteiger partial charge in [-0.1, -0.05) is 54.1 Å². The maximum atomic E-state index is 14.5. The van der Waals surface area contributed by atoms with Gasteiger partial charge in [0.2, 0.25) is 0 Å². The molecule has 0 unspecified atom stereocenters. The molecular weight excluding hydrogens is 611 g/mol. The summed E-state index contributed by atoms with van der Waals surface area (Å²) in [5.74, 6) is -2.56. The predicted molar refractivity (Wildman–Crippen MR) is 143 cm³/mol. The van der Waals surface area contributed by atoms with Crippen LogP contribution < -0.4 is 0 Å². The van der Waals surface area contributed by atoms with Gasteiger partial charge in [0.25, 0.3) is 5.78 Å². The first-order chi connectivity index (χ1) is 20.1. The summed E-state index contributed by atoms with van der Waals surface area (Å²) in [6, 6.07) is 13.7. The van der Waals surface area contributed by atoms with Crippen LogP contribution in [0.4, 0.5) is 39.5 Å². The van der Waals surface area contributed by atoms with Crippen molar-refractivity contribution in [3.63, 3.8) is 0 Å². The molecule has 2 aromatic heterocycles. The van der Waals surface area contributed by atoms with E-state index in [0.29, 0.717) is 12.1 Å². The average molecular weight is 623 g/mol. The van der Waals surface area contributed by atoms with Crippen LogP contribution in [-0.2, 0) is 12.4 Å². The predicted octanol–water partition coefficient (Wildman–Crippen LogP) is 10.2. The molecule has 3 nitrogen and oxygen atoms in total. The fourth-order valence-electron chi connectivity index (χ4n) is 5.20. The van der Waals surface area contributed by atoms with Gasteiger partial charge in [-0.2, -0.15) is 39.5 Å². The van der Waals surface area contributed by atoms with Crippen molar-refractivity contribution in [2.24, 2.45) is 0 Å². The lowest BCUT2D eigenvalue weighted by Gasteiger charge is -2.19. The minimum Gasteiger partial charge on any atom is -0.284 e. The van der Waals surface area contributed by atoms with Crippen LogP contribution in [0.5, 0.6) is 0 Å². The second kappa shape index (κ2) is 9.53. The number of fused-ring (bicyclic) bond motifs is 6. The number of carbonyl (C=O) groups is 1. The molecule has 0 spiro atoms. The van der Waals surface area contributed by atoms with Gasteiger partial charge in [-0.3, -0.25) is 4.79 Å². The van der Waals surface area contributed by atoms with Crippen molar-refractivity contribution in [3.8, 4) is 11.3 Å². The molecule has 0 amide bonds. The van der Waals surface area contributed by atoms with E-state index in [1.807, 2.05) is 0 Å². The molecule has 0 atom stereocenters. The molecule has 0 saturated heterocycles. The summed E-state index contributed by atoms with van der Waals surface area (Å²) in [5, 5.41) is -3.32. The zero-order valence-corrected chi connectivity index (χ0v) is 21.8. The molecule has 0 fully saturated rings. The monoisotopic (exact) mass is 622 g/mol. The van der Waals surface area contributed by atoms with Crippen LogP contribution in [0.1, 0.15) is 21.5 Å². The second-order valence-corrected chi connectivity index (χ2v) is 10.0. The number of aromatic nitrogens is 2. The maximum Gasteiger partial charge on any atom is 0.454 e. The number of hydrogen-bond donors (Lipinski definition) is 0. The summed E-state index contributed by atoms with van der Waals surface area (Å²) >= 11 is 5.91. The minimum atomic E-state index is -5.60. The molecule has 0 aliphatic carbocycles. The van der Waals surface area contributed by atoms with Crippen molar-refractivity contribution in [1.82, 2.24) is 9.97 Å². The van der Waals surface area contributed by atoms with Gasteiger partial charge in [-0.05, 0) is 30.3 Å². The Morgan fingerprint density at radius 3 is 1.95 bits per heavy atom. The highest BCUT2D eigenvalue weighted by Crippen LogP contribution is 2.46. The van der Waals surface area contributed by atoms with Crippen molar-refractivity contribution in [2.75, 3.05) is 0 Å². The van der Waals surface area contributed by atoms with Gasteiger partial charge in [-0.25, -0.2) is 9.97 Å². The first-order valence-electron chi connectivity index (χ1n) is 12.2. The van der Waals surface area contributed by atoms with Gasteiger partial charge in [0, 0.05) is 43.1 Å². The lowest BCUT2D eigenvalue weighted by Crippen LogP contribution is -2.23. The number of rotatable bonds is 2. The third kappa shape index (κ3) is 4.79. The number of halogens is 10. The largest absolute Gasteiger partial charge is 0.454 e. The number of Topliss-reactive ketones (excluding diaryl/α,β-unsaturated/α-hetero) is 1. The molecule has 0 aliphatic rings. The summed E-state index contributed by atoms with van der Waals surface area (Å²) in [6.07, 6.45) is -15.8. The molecule has 0 bridgehead atoms. The Bertz CT molecular complexity index is 2120. The highest BCUT2D eigenvalue weighted by molar-refractivity contribution is 6.31. The molecule has 0 N–H and O–H groups in total. The molecule has 218 valence electrons. The normalized spacial score (nSPS) is 13.0. The minimum absolute atomic E-state index is 0.116. The molecule has 43 heavy (non-hydrogen) atoms. The zero-order chi connectivity index (χ0) is 31.1. The Hall–Kier alpha value is -4.45. The Kier molecular flexibility index (Phi) is 6.35. The standard InChI is InChI=1S/C30H12ClF9N2O/c31-14-6-9-21-17(10-14)24(29(35,36)37)19-11-18(27(43)30(38,39)40)23-16(25(19)41-21)8-7-15-20(28(32,33)34)12-22(42-26(15)23)13-4-2-1-3-5-13/h1-12H. The van der Waals surface area contributed by atoms with Crippen LogP contribution in [0.3, 0.4) is 0 Å². The fourth-order valence-corrected chi connectivity index (χ4v) is 5.37. The lowest BCUT2D eigenvalue weighted by atomic mass is 9.90. The Morgan fingerprint density at radius 2 is 1.33 bits per heavy atom. The topological polar surface area (TPSA) is 42.9 Å². The summed E-state index contributed by atoms with van der Waals surface area (Å²) in [5.41, 5.74) is -5.46. The smallest absolute Gasteiger partial charge is 0.284 e. The number of benzene rings is 4. The van der Waals surface area contributed by atoms with E-state index in [1.54, 1.807) is 6.07 Å². The van der Waals surface area contributed by atoms with Crippen LogP contribution in [0.2, 0.25) is 5.02 Å². The van der Waals surface area contributed by atoms with Crippen LogP contribution in [-0.4, -0.2) is 21.9 Å². The Labute approximate surface area is 239 Å². The highest BCUT2D eigenvalue weighted by atomic mass is 35.5. The first kappa shape index (κ1) is 28.7. The lowest BCUT2D eigenvalue weighted by molar-refractivity contribution is -0.136. The van der Waals surface area contributed by atoms with Crippen LogP contribution in [0, 0.1) is 0 Å². The highest BCUT2D eigenvalue weighted by Gasteiger charge is 2.43. The third-order valence-electron chi connectivity index (χ3n) is 6.94. The number of pyridine rings is 2. The van der Waals surface area contributed by atoms with E-state index in [4.69, 9.17) is 11.6 Å². The average Bonchev–Trinajstić information content (AvgIpc) is 2.93. The number of hydrogen-bond acceptors (Lipinski definition) is 3. The number of nitrogens with zero attached hydrogens (tertiary/aromatic N) is 2. The van der Waals surface area contributed by atoms with Gasteiger partial charge < -0.3 is 0 Å². The van der Waals surface area contributed by atoms with E-state index in [-0.39, 0.29) is 21.8 Å². The van der Waals surface area contributed by atoms with Gasteiger partial charge in [0.05, 0.1) is 33.4 Å². The molecule has 0 radical (unpaired) electrons. The molecule has 0 saturated carbocycles. The molecule has 4 aromatic carbocycles. The van der Waals surface area contributed by atoms with Crippen molar-refractivity contribution < 1.29 is 44.3 Å². The van der Waals surface area contributed by atoms with E-state index in [2.05, 4.69) is 9.97 Å². The Morgan fingerprint density at radius 1 is 0.651 bits per heavy atom. The van der Waals surface area contributed by atoms with E-state index < -0.39 is 79.0 Å². The van der Waals surface area contributed by atoms with Gasteiger partial charge in [0.1, 0.15) is 0 Å². The van der Waals surface area contributed by atoms with Crippen LogP contribution in [0.25, 0.3) is 54.7 Å². The van der Waals surface area contributed by atoms with E-state index in [0.717, 1.165) is 18.2 Å². The summed E-state index contributed by atoms with van der Waals surface area (Å²) in [7, 11) is 0. The number of carbonyl (C=O) groups excluding carboxylic acids is 1. The fraction of sp³-hybridized carbons (Fsp3) is 0.100. The van der Waals surface area contributed by atoms with E-state index in [1.165, 1.54) is 36.4 Å². The number of ketones is 1. The van der Waals surface area contributed by atoms with Gasteiger partial charge in [0.15, 0.2) is 0 Å². The van der Waals surface area contributed by atoms with Gasteiger partial charge >= 0.3 is 18.5 Å². The molecular formula is C30H12ClF9N2O. The maximum absolute atomic E-state index is 14.5. The van der Waals surface area contributed by atoms with Crippen LogP contribution in [0.15, 0.2) is 72.8 Å². The molecule has 2 heterocycles. The SMILES string of the molecule is O=C(c1cc2c(C(F)(F)F)c3cc(Cl)ccc3nc2c2ccc3c(C(F)(F)F)cc(-c4ccccc4)nc3c12)C(F)(F)F. The van der Waals surface area contributed by atoms with E-state index >= 15 is 0 Å². The summed E-state index contributed by atoms with van der Waals surface area (Å²) in [6.45, 7) is 0. The van der Waals surface area contributed by atoms with E-state index in [9.17, 15) is 44.3 Å². The summed E-state index contributed by atoms with van der Waals surface area (Å²) < 4.78 is 128. The van der Waals surface area contributed by atoms with Crippen molar-refractivity contribution in [3.05, 3.63) is 94.5 Å². The quantitative estimate of drug-likeness (QED) is 0.0835. The molecule has 0 aliphatic heterocycles. The first-order valence-corrected chi connectivity index (χ1v) is 12.6. The van der Waals surface area contributed by atoms with Crippen molar-refractivity contribution in [1.29, 1.82) is 0 Å². The molecule has 6 aromatic rings.